The van der Waals surface area contributed by atoms with Crippen LogP contribution in [0.15, 0.2) is 22.8 Å². The smallest absolute Gasteiger partial charge is 0.342 e. The zero-order valence-corrected chi connectivity index (χ0v) is 12.2. The quantitative estimate of drug-likeness (QED) is 0.759. The van der Waals surface area contributed by atoms with Gasteiger partial charge in [-0.2, -0.15) is 0 Å². The Kier molecular flexibility index (Phi) is 3.40. The molecule has 19 heavy (non-hydrogen) atoms. The van der Waals surface area contributed by atoms with Gasteiger partial charge in [0, 0.05) is 5.39 Å². The molecule has 0 atom stereocenters. The number of aryl methyl sites for hydroxylation is 1. The largest absolute Gasteiger partial charge is 0.463 e. The average molecular weight is 260 g/mol. The summed E-state index contributed by atoms with van der Waals surface area (Å²) < 4.78 is 10.6. The monoisotopic (exact) mass is 260 g/mol. The maximum Gasteiger partial charge on any atom is 0.342 e. The minimum Gasteiger partial charge on any atom is -0.463 e. The molecule has 1 heterocycles. The molecule has 1 aromatic heterocycles. The molecular weight excluding hydrogens is 240 g/mol. The molecule has 0 spiro atoms. The number of hydrogen-bond acceptors (Lipinski definition) is 3. The predicted octanol–water partition coefficient (Wildman–Crippen LogP) is 4.22. The fraction of sp³-hybridized carbons (Fsp3) is 0.438. The minimum absolute atomic E-state index is 0.0299. The van der Waals surface area contributed by atoms with E-state index in [9.17, 15) is 4.79 Å². The number of carbonyl (C=O) groups is 1. The molecular formula is C16H20O3. The van der Waals surface area contributed by atoms with E-state index >= 15 is 0 Å². The van der Waals surface area contributed by atoms with Gasteiger partial charge in [-0.3, -0.25) is 0 Å². The maximum atomic E-state index is 11.9. The Bertz CT molecular complexity index is 615. The zero-order chi connectivity index (χ0) is 14.2. The second-order valence-corrected chi connectivity index (χ2v) is 5.79. The van der Waals surface area contributed by atoms with Gasteiger partial charge in [-0.25, -0.2) is 4.79 Å². The molecule has 0 aliphatic heterocycles. The van der Waals surface area contributed by atoms with Crippen LogP contribution in [0.2, 0.25) is 0 Å². The van der Waals surface area contributed by atoms with Gasteiger partial charge in [0.05, 0.1) is 6.61 Å². The fourth-order valence-corrected chi connectivity index (χ4v) is 2.11. The van der Waals surface area contributed by atoms with E-state index in [1.165, 1.54) is 11.8 Å². The SMILES string of the molecule is CCOC(=O)c1coc2c(C)cc(C(C)(C)C)cc12. The molecule has 2 rings (SSSR count). The summed E-state index contributed by atoms with van der Waals surface area (Å²) in [6.45, 7) is 10.6. The van der Waals surface area contributed by atoms with E-state index in [0.717, 1.165) is 16.5 Å². The van der Waals surface area contributed by atoms with Crippen molar-refractivity contribution in [3.05, 3.63) is 35.1 Å². The van der Waals surface area contributed by atoms with Crippen molar-refractivity contribution in [2.24, 2.45) is 0 Å². The molecule has 0 unspecified atom stereocenters. The Morgan fingerprint density at radius 1 is 1.32 bits per heavy atom. The number of rotatable bonds is 2. The van der Waals surface area contributed by atoms with Gasteiger partial charge in [0.15, 0.2) is 0 Å². The zero-order valence-electron chi connectivity index (χ0n) is 12.2. The normalized spacial score (nSPS) is 11.8. The highest BCUT2D eigenvalue weighted by molar-refractivity contribution is 6.04. The van der Waals surface area contributed by atoms with Gasteiger partial charge in [-0.1, -0.05) is 26.8 Å². The highest BCUT2D eigenvalue weighted by atomic mass is 16.5. The Morgan fingerprint density at radius 3 is 2.58 bits per heavy atom. The second kappa shape index (κ2) is 4.72. The fourth-order valence-electron chi connectivity index (χ4n) is 2.11. The molecule has 3 heteroatoms. The van der Waals surface area contributed by atoms with Crippen LogP contribution >= 0.6 is 0 Å². The topological polar surface area (TPSA) is 39.4 Å². The maximum absolute atomic E-state index is 11.9. The van der Waals surface area contributed by atoms with Gasteiger partial charge in [0.25, 0.3) is 0 Å². The lowest BCUT2D eigenvalue weighted by Crippen LogP contribution is -2.11. The summed E-state index contributed by atoms with van der Waals surface area (Å²) in [6, 6.07) is 4.14. The number of ether oxygens (including phenoxy) is 1. The second-order valence-electron chi connectivity index (χ2n) is 5.79. The van der Waals surface area contributed by atoms with Crippen molar-refractivity contribution in [2.45, 2.75) is 40.0 Å². The Hall–Kier alpha value is -1.77. The van der Waals surface area contributed by atoms with Gasteiger partial charge >= 0.3 is 5.97 Å². The summed E-state index contributed by atoms with van der Waals surface area (Å²) in [7, 11) is 0. The molecule has 3 nitrogen and oxygen atoms in total. The summed E-state index contributed by atoms with van der Waals surface area (Å²) in [5.74, 6) is -0.327. The number of hydrogen-bond donors (Lipinski definition) is 0. The minimum atomic E-state index is -0.327. The van der Waals surface area contributed by atoms with Crippen molar-refractivity contribution in [1.29, 1.82) is 0 Å². The first-order valence-electron chi connectivity index (χ1n) is 6.54. The van der Waals surface area contributed by atoms with Crippen molar-refractivity contribution in [2.75, 3.05) is 6.61 Å². The van der Waals surface area contributed by atoms with Crippen LogP contribution in [0.4, 0.5) is 0 Å². The van der Waals surface area contributed by atoms with Crippen LogP contribution < -0.4 is 0 Å². The molecule has 0 N–H and O–H groups in total. The van der Waals surface area contributed by atoms with E-state index < -0.39 is 0 Å². The molecule has 0 aliphatic carbocycles. The lowest BCUT2D eigenvalue weighted by Gasteiger charge is -2.19. The average Bonchev–Trinajstić information content (AvgIpc) is 2.72. The Morgan fingerprint density at radius 2 is 2.00 bits per heavy atom. The molecule has 0 bridgehead atoms. The molecule has 102 valence electrons. The van der Waals surface area contributed by atoms with Crippen LogP contribution in [-0.2, 0) is 10.2 Å². The summed E-state index contributed by atoms with van der Waals surface area (Å²) in [4.78, 5) is 11.9. The van der Waals surface area contributed by atoms with Crippen LogP contribution in [0.1, 0.15) is 49.2 Å². The van der Waals surface area contributed by atoms with E-state index in [1.807, 2.05) is 13.0 Å². The molecule has 0 saturated heterocycles. The molecule has 1 aromatic carbocycles. The third-order valence-corrected chi connectivity index (χ3v) is 3.22. The van der Waals surface area contributed by atoms with Gasteiger partial charge in [-0.15, -0.1) is 0 Å². The summed E-state index contributed by atoms with van der Waals surface area (Å²) in [5, 5.41) is 0.836. The Balaban J connectivity index is 2.63. The first kappa shape index (κ1) is 13.7. The third-order valence-electron chi connectivity index (χ3n) is 3.22. The number of benzene rings is 1. The van der Waals surface area contributed by atoms with Crippen LogP contribution in [0.25, 0.3) is 11.0 Å². The first-order chi connectivity index (χ1) is 8.84. The third kappa shape index (κ3) is 2.50. The predicted molar refractivity (Wildman–Crippen MR) is 75.6 cm³/mol. The van der Waals surface area contributed by atoms with Crippen LogP contribution in [0.5, 0.6) is 0 Å². The van der Waals surface area contributed by atoms with Gasteiger partial charge in [0.1, 0.15) is 17.4 Å². The lowest BCUT2D eigenvalue weighted by atomic mass is 9.85. The number of carbonyl (C=O) groups excluding carboxylic acids is 1. The summed E-state index contributed by atoms with van der Waals surface area (Å²) in [6.07, 6.45) is 1.49. The van der Waals surface area contributed by atoms with Crippen molar-refractivity contribution in [1.82, 2.24) is 0 Å². The summed E-state index contributed by atoms with van der Waals surface area (Å²) >= 11 is 0. The highest BCUT2D eigenvalue weighted by Gasteiger charge is 2.20. The van der Waals surface area contributed by atoms with Crippen molar-refractivity contribution in [3.8, 4) is 0 Å². The first-order valence-corrected chi connectivity index (χ1v) is 6.54. The van der Waals surface area contributed by atoms with Gasteiger partial charge < -0.3 is 9.15 Å². The van der Waals surface area contributed by atoms with Crippen LogP contribution in [0, 0.1) is 6.92 Å². The number of furan rings is 1. The van der Waals surface area contributed by atoms with E-state index in [-0.39, 0.29) is 11.4 Å². The molecule has 0 aliphatic rings. The molecule has 0 saturated carbocycles. The molecule has 0 fully saturated rings. The standard InChI is InChI=1S/C16H20O3/c1-6-18-15(17)13-9-19-14-10(2)7-11(8-12(13)14)16(3,4)5/h7-9H,6H2,1-5H3. The van der Waals surface area contributed by atoms with Crippen molar-refractivity contribution >= 4 is 16.9 Å². The summed E-state index contributed by atoms with van der Waals surface area (Å²) in [5.41, 5.74) is 3.52. The Labute approximate surface area is 113 Å². The van der Waals surface area contributed by atoms with Gasteiger partial charge in [0.2, 0.25) is 0 Å². The van der Waals surface area contributed by atoms with E-state index in [1.54, 1.807) is 6.92 Å². The molecule has 0 amide bonds. The number of fused-ring (bicyclic) bond motifs is 1. The van der Waals surface area contributed by atoms with Crippen molar-refractivity contribution in [3.63, 3.8) is 0 Å². The van der Waals surface area contributed by atoms with E-state index in [2.05, 4.69) is 26.8 Å². The van der Waals surface area contributed by atoms with Gasteiger partial charge in [-0.05, 0) is 36.5 Å². The number of esters is 1. The lowest BCUT2D eigenvalue weighted by molar-refractivity contribution is 0.0527. The van der Waals surface area contributed by atoms with E-state index in [0.29, 0.717) is 12.2 Å². The molecule has 2 aromatic rings. The molecule has 0 radical (unpaired) electrons. The van der Waals surface area contributed by atoms with E-state index in [4.69, 9.17) is 9.15 Å². The highest BCUT2D eigenvalue weighted by Crippen LogP contribution is 2.31. The van der Waals surface area contributed by atoms with Crippen LogP contribution in [0.3, 0.4) is 0 Å². The van der Waals surface area contributed by atoms with Crippen molar-refractivity contribution < 1.29 is 13.9 Å². The van der Waals surface area contributed by atoms with Crippen LogP contribution in [-0.4, -0.2) is 12.6 Å².